The first kappa shape index (κ1) is 27.5. The van der Waals surface area contributed by atoms with Gasteiger partial charge in [0.1, 0.15) is 24.6 Å². The van der Waals surface area contributed by atoms with Gasteiger partial charge in [0.05, 0.1) is 11.1 Å². The number of amides is 1. The minimum absolute atomic E-state index is 0.157. The fourth-order valence-corrected chi connectivity index (χ4v) is 8.50. The van der Waals surface area contributed by atoms with Crippen molar-refractivity contribution in [2.75, 3.05) is 50.8 Å². The Morgan fingerprint density at radius 3 is 2.98 bits per heavy atom. The number of piperazine rings is 1. The Labute approximate surface area is 257 Å². The molecule has 0 unspecified atom stereocenters. The molecule has 5 atom stereocenters. The van der Waals surface area contributed by atoms with Gasteiger partial charge in [0, 0.05) is 38.0 Å². The topological polar surface area (TPSA) is 66.2 Å². The number of alkyl halides is 1. The standard InChI is InChI=1S/C35H37FN6O2/c1-3-32(43)42-13-12-40(20-25(42)18-37-2)33-28-9-8-22(26-6-4-7-27-29-14-23(29)15-30(26)27)16-31(28)38-34(39-33)44-21-35-10-5-11-41(35)19-24(36)17-35/h3-4,6-9,16,23-25,29H,1,5,10-15,17-21H2/t23-,24-,25+,29-,35+/m1/s1. The van der Waals surface area contributed by atoms with Crippen LogP contribution in [0.1, 0.15) is 42.7 Å². The van der Waals surface area contributed by atoms with Gasteiger partial charge in [0.2, 0.25) is 12.5 Å². The molecule has 3 saturated heterocycles. The van der Waals surface area contributed by atoms with E-state index < -0.39 is 6.17 Å². The van der Waals surface area contributed by atoms with Crippen LogP contribution in [0.15, 0.2) is 49.1 Å². The summed E-state index contributed by atoms with van der Waals surface area (Å²) in [5.74, 6) is 2.11. The number of benzene rings is 2. The summed E-state index contributed by atoms with van der Waals surface area (Å²) in [5.41, 5.74) is 5.86. The van der Waals surface area contributed by atoms with Crippen molar-refractivity contribution < 1.29 is 13.9 Å². The van der Waals surface area contributed by atoms with E-state index in [1.807, 2.05) is 0 Å². The van der Waals surface area contributed by atoms with Gasteiger partial charge in [-0.2, -0.15) is 9.97 Å². The lowest BCUT2D eigenvalue weighted by Gasteiger charge is -2.39. The van der Waals surface area contributed by atoms with Gasteiger partial charge < -0.3 is 19.4 Å². The average molecular weight is 593 g/mol. The van der Waals surface area contributed by atoms with E-state index in [4.69, 9.17) is 21.3 Å². The van der Waals surface area contributed by atoms with Crippen molar-refractivity contribution >= 4 is 22.6 Å². The van der Waals surface area contributed by atoms with Crippen LogP contribution in [0.4, 0.5) is 10.2 Å². The largest absolute Gasteiger partial charge is 0.461 e. The number of fused-ring (bicyclic) bond motifs is 5. The van der Waals surface area contributed by atoms with Crippen LogP contribution in [0.3, 0.4) is 0 Å². The molecule has 44 heavy (non-hydrogen) atoms. The Balaban J connectivity index is 1.17. The van der Waals surface area contributed by atoms with Crippen molar-refractivity contribution in [3.05, 3.63) is 71.6 Å². The molecule has 8 nitrogen and oxygen atoms in total. The molecule has 9 heteroatoms. The monoisotopic (exact) mass is 592 g/mol. The number of hydrogen-bond donors (Lipinski definition) is 0. The van der Waals surface area contributed by atoms with Crippen molar-refractivity contribution in [2.24, 2.45) is 5.92 Å². The predicted molar refractivity (Wildman–Crippen MR) is 167 cm³/mol. The highest BCUT2D eigenvalue weighted by Crippen LogP contribution is 2.57. The molecule has 3 aromatic rings. The molecule has 1 amide bonds. The zero-order valence-electron chi connectivity index (χ0n) is 24.9. The summed E-state index contributed by atoms with van der Waals surface area (Å²) in [6, 6.07) is 13.1. The van der Waals surface area contributed by atoms with Crippen LogP contribution < -0.4 is 9.64 Å². The normalized spacial score (nSPS) is 28.8. The lowest BCUT2D eigenvalue weighted by Crippen LogP contribution is -2.56. The fraction of sp³-hybridized carbons (Fsp3) is 0.486. The van der Waals surface area contributed by atoms with E-state index in [9.17, 15) is 9.18 Å². The van der Waals surface area contributed by atoms with Gasteiger partial charge in [-0.1, -0.05) is 30.8 Å². The number of hydrogen-bond acceptors (Lipinski definition) is 6. The molecule has 226 valence electrons. The Hall–Kier alpha value is -4.03. The maximum Gasteiger partial charge on any atom is 0.319 e. The quantitative estimate of drug-likeness (QED) is 0.283. The Kier molecular flexibility index (Phi) is 6.60. The molecular weight excluding hydrogens is 555 g/mol. The van der Waals surface area contributed by atoms with Gasteiger partial charge in [0.15, 0.2) is 0 Å². The summed E-state index contributed by atoms with van der Waals surface area (Å²) in [6.45, 7) is 14.6. The van der Waals surface area contributed by atoms with Crippen LogP contribution in [0.25, 0.3) is 26.9 Å². The second-order valence-corrected chi connectivity index (χ2v) is 13.3. The van der Waals surface area contributed by atoms with E-state index in [1.54, 1.807) is 4.90 Å². The second-order valence-electron chi connectivity index (χ2n) is 13.3. The lowest BCUT2D eigenvalue weighted by molar-refractivity contribution is -0.128. The highest BCUT2D eigenvalue weighted by molar-refractivity contribution is 5.94. The van der Waals surface area contributed by atoms with Crippen LogP contribution >= 0.6 is 0 Å². The summed E-state index contributed by atoms with van der Waals surface area (Å²) in [6.07, 6.45) is 5.38. The van der Waals surface area contributed by atoms with E-state index >= 15 is 0 Å². The SMILES string of the molecule is [C-]#[N+]C[C@H]1CN(c2nc(OC[C@@]34CCCN3C[C@H](F)C4)nc3cc(-c4cccc5c4C[C@H]4C[C@@H]54)ccc23)CCN1C(=O)C=C. The first-order valence-corrected chi connectivity index (χ1v) is 15.9. The highest BCUT2D eigenvalue weighted by atomic mass is 19.1. The summed E-state index contributed by atoms with van der Waals surface area (Å²) in [4.78, 5) is 32.2. The van der Waals surface area contributed by atoms with Crippen molar-refractivity contribution in [1.29, 1.82) is 0 Å². The highest BCUT2D eigenvalue weighted by Gasteiger charge is 2.49. The third-order valence-electron chi connectivity index (χ3n) is 10.7. The molecule has 4 fully saturated rings. The van der Waals surface area contributed by atoms with Crippen LogP contribution in [0.2, 0.25) is 0 Å². The van der Waals surface area contributed by atoms with E-state index in [1.165, 1.54) is 29.2 Å². The maximum atomic E-state index is 14.5. The molecule has 0 bridgehead atoms. The molecule has 1 saturated carbocycles. The maximum absolute atomic E-state index is 14.5. The minimum atomic E-state index is -0.831. The predicted octanol–water partition coefficient (Wildman–Crippen LogP) is 5.03. The molecular formula is C35H37FN6O2. The molecule has 2 aromatic carbocycles. The van der Waals surface area contributed by atoms with Crippen molar-refractivity contribution in [1.82, 2.24) is 19.8 Å². The number of nitrogens with zero attached hydrogens (tertiary/aromatic N) is 6. The number of rotatable bonds is 7. The molecule has 5 aliphatic rings. The van der Waals surface area contributed by atoms with Crippen LogP contribution in [0, 0.1) is 12.5 Å². The van der Waals surface area contributed by atoms with Crippen molar-refractivity contribution in [3.63, 3.8) is 0 Å². The summed E-state index contributed by atoms with van der Waals surface area (Å²) < 4.78 is 20.9. The molecule has 0 spiro atoms. The van der Waals surface area contributed by atoms with Crippen molar-refractivity contribution in [3.8, 4) is 17.1 Å². The van der Waals surface area contributed by atoms with E-state index in [2.05, 4.69) is 57.6 Å². The first-order chi connectivity index (χ1) is 21.5. The van der Waals surface area contributed by atoms with E-state index in [0.717, 1.165) is 59.9 Å². The molecule has 0 N–H and O–H groups in total. The molecule has 0 radical (unpaired) electrons. The van der Waals surface area contributed by atoms with Gasteiger partial charge >= 0.3 is 6.01 Å². The number of carbonyl (C=O) groups is 1. The smallest absolute Gasteiger partial charge is 0.319 e. The lowest BCUT2D eigenvalue weighted by atomic mass is 9.94. The van der Waals surface area contributed by atoms with Gasteiger partial charge in [-0.15, -0.1) is 0 Å². The molecule has 8 rings (SSSR count). The number of anilines is 1. The molecule has 4 heterocycles. The molecule has 2 aliphatic carbocycles. The van der Waals surface area contributed by atoms with Crippen molar-refractivity contribution in [2.45, 2.75) is 55.8 Å². The minimum Gasteiger partial charge on any atom is -0.461 e. The second kappa shape index (κ2) is 10.6. The van der Waals surface area contributed by atoms with E-state index in [-0.39, 0.29) is 24.0 Å². The van der Waals surface area contributed by atoms with Gasteiger partial charge in [-0.3, -0.25) is 9.69 Å². The number of aromatic nitrogens is 2. The number of carbonyl (C=O) groups excluding carboxylic acids is 1. The Morgan fingerprint density at radius 2 is 2.11 bits per heavy atom. The third-order valence-corrected chi connectivity index (χ3v) is 10.7. The summed E-state index contributed by atoms with van der Waals surface area (Å²) >= 11 is 0. The van der Waals surface area contributed by atoms with Gasteiger partial charge in [-0.25, -0.2) is 11.0 Å². The molecule has 1 aromatic heterocycles. The van der Waals surface area contributed by atoms with Crippen LogP contribution in [0.5, 0.6) is 6.01 Å². The Bertz CT molecular complexity index is 1700. The van der Waals surface area contributed by atoms with Crippen LogP contribution in [-0.4, -0.2) is 89.3 Å². The van der Waals surface area contributed by atoms with Crippen LogP contribution in [-0.2, 0) is 11.2 Å². The number of ether oxygens (including phenoxy) is 1. The summed E-state index contributed by atoms with van der Waals surface area (Å²) in [5, 5.41) is 0.909. The fourth-order valence-electron chi connectivity index (χ4n) is 8.50. The number of halogens is 1. The van der Waals surface area contributed by atoms with Gasteiger partial charge in [0.25, 0.3) is 0 Å². The van der Waals surface area contributed by atoms with E-state index in [0.29, 0.717) is 45.2 Å². The Morgan fingerprint density at radius 1 is 1.20 bits per heavy atom. The first-order valence-electron chi connectivity index (χ1n) is 15.9. The third kappa shape index (κ3) is 4.54. The van der Waals surface area contributed by atoms with Gasteiger partial charge in [-0.05, 0) is 84.5 Å². The zero-order chi connectivity index (χ0) is 30.0. The molecule has 3 aliphatic heterocycles. The summed E-state index contributed by atoms with van der Waals surface area (Å²) in [7, 11) is 0. The average Bonchev–Trinajstić information content (AvgIpc) is 3.38. The zero-order valence-corrected chi connectivity index (χ0v) is 24.9.